The molecule has 0 spiro atoms. The number of fused-ring (bicyclic) bond motifs is 1. The minimum absolute atomic E-state index is 0.290. The van der Waals surface area contributed by atoms with Crippen molar-refractivity contribution in [1.29, 1.82) is 0 Å². The zero-order valence-electron chi connectivity index (χ0n) is 20.8. The molecule has 2 N–H and O–H groups in total. The van der Waals surface area contributed by atoms with Gasteiger partial charge in [-0.3, -0.25) is 4.98 Å². The minimum Gasteiger partial charge on any atom is -0.507 e. The first kappa shape index (κ1) is 28.2. The number of phenols is 1. The molecule has 0 saturated carbocycles. The monoisotopic (exact) mass is 493 g/mol. The molecule has 2 heterocycles. The highest BCUT2D eigenvalue weighted by atomic mass is 19.4. The number of halogens is 3. The van der Waals surface area contributed by atoms with Gasteiger partial charge in [-0.15, -0.1) is 0 Å². The lowest BCUT2D eigenvalue weighted by Crippen LogP contribution is -2.29. The van der Waals surface area contributed by atoms with E-state index in [9.17, 15) is 18.3 Å². The van der Waals surface area contributed by atoms with E-state index in [4.69, 9.17) is 14.6 Å². The number of aliphatic carboxylic acids is 1. The minimum atomic E-state index is -5.08. The van der Waals surface area contributed by atoms with E-state index in [0.29, 0.717) is 17.6 Å². The fourth-order valence-corrected chi connectivity index (χ4v) is 4.02. The van der Waals surface area contributed by atoms with Crippen molar-refractivity contribution in [3.8, 4) is 11.5 Å². The van der Waals surface area contributed by atoms with Crippen molar-refractivity contribution in [2.45, 2.75) is 78.0 Å². The predicted molar refractivity (Wildman–Crippen MR) is 130 cm³/mol. The van der Waals surface area contributed by atoms with Gasteiger partial charge in [-0.25, -0.2) is 4.79 Å². The molecule has 2 atom stereocenters. The molecule has 8 heteroatoms. The first-order chi connectivity index (χ1) is 16.3. The number of alkyl halides is 3. The van der Waals surface area contributed by atoms with Crippen LogP contribution in [0.2, 0.25) is 0 Å². The van der Waals surface area contributed by atoms with Gasteiger partial charge in [0, 0.05) is 12.4 Å². The van der Waals surface area contributed by atoms with E-state index in [1.807, 2.05) is 18.2 Å². The number of aromatic nitrogens is 1. The van der Waals surface area contributed by atoms with Gasteiger partial charge in [0.15, 0.2) is 0 Å². The third-order valence-corrected chi connectivity index (χ3v) is 6.11. The van der Waals surface area contributed by atoms with Gasteiger partial charge in [0.05, 0.1) is 5.56 Å². The average Bonchev–Trinajstić information content (AvgIpc) is 2.77. The van der Waals surface area contributed by atoms with Crippen LogP contribution in [0.25, 0.3) is 5.57 Å². The van der Waals surface area contributed by atoms with Crippen molar-refractivity contribution in [3.63, 3.8) is 0 Å². The molecule has 0 bridgehead atoms. The number of hydrogen-bond donors (Lipinski definition) is 2. The molecule has 2 aromatic rings. The Hall–Kier alpha value is -3.03. The number of pyridine rings is 1. The average molecular weight is 494 g/mol. The molecule has 3 rings (SSSR count). The number of carboxylic acid groups (broad SMARTS) is 1. The van der Waals surface area contributed by atoms with Gasteiger partial charge in [0.2, 0.25) is 0 Å². The first-order valence-corrected chi connectivity index (χ1v) is 11.8. The summed E-state index contributed by atoms with van der Waals surface area (Å²) < 4.78 is 38.0. The van der Waals surface area contributed by atoms with Gasteiger partial charge >= 0.3 is 12.1 Å². The predicted octanol–water partition coefficient (Wildman–Crippen LogP) is 7.34. The number of phenolic OH excluding ortho intramolecular Hbond substituents is 1. The Morgan fingerprint density at radius 2 is 1.74 bits per heavy atom. The van der Waals surface area contributed by atoms with Crippen LogP contribution in [-0.4, -0.2) is 32.9 Å². The van der Waals surface area contributed by atoms with Gasteiger partial charge in [-0.2, -0.15) is 13.2 Å². The lowest BCUT2D eigenvalue weighted by Gasteiger charge is -2.33. The largest absolute Gasteiger partial charge is 0.507 e. The van der Waals surface area contributed by atoms with Crippen molar-refractivity contribution in [2.75, 3.05) is 0 Å². The molecular weight excluding hydrogens is 459 g/mol. The van der Waals surface area contributed by atoms with Crippen LogP contribution in [0.15, 0.2) is 42.7 Å². The van der Waals surface area contributed by atoms with E-state index in [2.05, 4.69) is 51.7 Å². The highest BCUT2D eigenvalue weighted by Crippen LogP contribution is 2.46. The number of nitrogens with zero attached hydrogens (tertiary/aromatic N) is 1. The zero-order chi connectivity index (χ0) is 26.4. The molecule has 1 aromatic heterocycles. The molecule has 0 amide bonds. The lowest BCUT2D eigenvalue weighted by molar-refractivity contribution is -0.192. The Kier molecular flexibility index (Phi) is 9.35. The summed E-state index contributed by atoms with van der Waals surface area (Å²) in [7, 11) is 0. The Morgan fingerprint density at radius 3 is 2.29 bits per heavy atom. The fraction of sp³-hybridized carbons (Fsp3) is 0.481. The summed E-state index contributed by atoms with van der Waals surface area (Å²) in [6.45, 7) is 10.9. The lowest BCUT2D eigenvalue weighted by atomic mass is 9.83. The second-order valence-corrected chi connectivity index (χ2v) is 9.48. The van der Waals surface area contributed by atoms with E-state index in [0.717, 1.165) is 28.0 Å². The molecule has 0 radical (unpaired) electrons. The number of carbonyl (C=O) groups is 1. The molecule has 1 aliphatic heterocycles. The summed E-state index contributed by atoms with van der Waals surface area (Å²) in [5.74, 6) is -0.765. The fourth-order valence-electron chi connectivity index (χ4n) is 4.02. The van der Waals surface area contributed by atoms with E-state index < -0.39 is 17.7 Å². The molecule has 1 aliphatic rings. The van der Waals surface area contributed by atoms with Gasteiger partial charge in [0.1, 0.15) is 17.1 Å². The Bertz CT molecular complexity index is 1030. The SMILES string of the molecule is CCCCCC(C)C(C)c1cc(O)c2c(c1)OC(C)(C)C=C2c1ccncc1.O=C(O)C(F)(F)F. The normalized spacial score (nSPS) is 16.1. The molecular formula is C27H34F3NO4. The van der Waals surface area contributed by atoms with Crippen LogP contribution in [-0.2, 0) is 4.79 Å². The number of ether oxygens (including phenoxy) is 1. The third kappa shape index (κ3) is 7.73. The maximum absolute atomic E-state index is 10.9. The van der Waals surface area contributed by atoms with Crippen LogP contribution >= 0.6 is 0 Å². The van der Waals surface area contributed by atoms with Gasteiger partial charge in [0.25, 0.3) is 0 Å². The molecule has 5 nitrogen and oxygen atoms in total. The number of carboxylic acids is 1. The summed E-state index contributed by atoms with van der Waals surface area (Å²) in [4.78, 5) is 13.0. The summed E-state index contributed by atoms with van der Waals surface area (Å²) in [5.41, 5.74) is 3.53. The summed E-state index contributed by atoms with van der Waals surface area (Å²) in [6.07, 6.45) is 5.56. The number of hydrogen-bond acceptors (Lipinski definition) is 4. The van der Waals surface area contributed by atoms with Crippen molar-refractivity contribution >= 4 is 11.5 Å². The van der Waals surface area contributed by atoms with Crippen LogP contribution in [0.5, 0.6) is 11.5 Å². The first-order valence-electron chi connectivity index (χ1n) is 11.8. The van der Waals surface area contributed by atoms with Crippen molar-refractivity contribution in [2.24, 2.45) is 5.92 Å². The second kappa shape index (κ2) is 11.6. The summed E-state index contributed by atoms with van der Waals surface area (Å²) in [5, 5.41) is 18.1. The van der Waals surface area contributed by atoms with Crippen molar-refractivity contribution in [3.05, 3.63) is 59.4 Å². The van der Waals surface area contributed by atoms with E-state index in [1.165, 1.54) is 25.7 Å². The van der Waals surface area contributed by atoms with Crippen molar-refractivity contribution in [1.82, 2.24) is 4.98 Å². The molecule has 192 valence electrons. The second-order valence-electron chi connectivity index (χ2n) is 9.48. The van der Waals surface area contributed by atoms with E-state index >= 15 is 0 Å². The maximum atomic E-state index is 10.9. The molecule has 1 aromatic carbocycles. The molecule has 0 saturated heterocycles. The third-order valence-electron chi connectivity index (χ3n) is 6.11. The number of aromatic hydroxyl groups is 1. The van der Waals surface area contributed by atoms with Crippen LogP contribution < -0.4 is 4.74 Å². The van der Waals surface area contributed by atoms with Crippen LogP contribution in [0.1, 0.15) is 82.9 Å². The van der Waals surface area contributed by atoms with Crippen LogP contribution in [0, 0.1) is 5.92 Å². The highest BCUT2D eigenvalue weighted by Gasteiger charge is 2.38. The standard InChI is InChI=1S/C25H33NO2.C2HF3O2/c1-6-7-8-9-17(2)18(3)20-14-22(27)24-21(19-10-12-26-13-11-19)16-25(4,5)28-23(24)15-20;3-2(4,5)1(6)7/h10-18,27H,6-9H2,1-5H3;(H,6,7). The highest BCUT2D eigenvalue weighted by molar-refractivity contribution is 5.87. The number of unbranched alkanes of at least 4 members (excludes halogenated alkanes) is 2. The van der Waals surface area contributed by atoms with Crippen LogP contribution in [0.4, 0.5) is 13.2 Å². The zero-order valence-corrected chi connectivity index (χ0v) is 20.8. The van der Waals surface area contributed by atoms with Crippen LogP contribution in [0.3, 0.4) is 0 Å². The van der Waals surface area contributed by atoms with Gasteiger partial charge < -0.3 is 14.9 Å². The van der Waals surface area contributed by atoms with E-state index in [1.54, 1.807) is 12.4 Å². The number of benzene rings is 1. The van der Waals surface area contributed by atoms with Gasteiger partial charge in [-0.05, 0) is 72.7 Å². The number of rotatable bonds is 7. The summed E-state index contributed by atoms with van der Waals surface area (Å²) >= 11 is 0. The molecule has 0 fully saturated rings. The Morgan fingerprint density at radius 1 is 1.14 bits per heavy atom. The molecule has 2 unspecified atom stereocenters. The quantitative estimate of drug-likeness (QED) is 0.395. The topological polar surface area (TPSA) is 79.7 Å². The van der Waals surface area contributed by atoms with E-state index in [-0.39, 0.29) is 0 Å². The molecule has 35 heavy (non-hydrogen) atoms. The Balaban J connectivity index is 0.000000540. The van der Waals surface area contributed by atoms with Gasteiger partial charge in [-0.1, -0.05) is 46.5 Å². The van der Waals surface area contributed by atoms with Crippen molar-refractivity contribution < 1.29 is 32.9 Å². The smallest absolute Gasteiger partial charge is 0.490 e. The summed E-state index contributed by atoms with van der Waals surface area (Å²) in [6, 6.07) is 8.01. The maximum Gasteiger partial charge on any atom is 0.490 e. The Labute approximate surface area is 204 Å². The molecule has 0 aliphatic carbocycles.